The van der Waals surface area contributed by atoms with E-state index in [1.807, 2.05) is 24.3 Å². The lowest BCUT2D eigenvalue weighted by atomic mass is 9.93. The van der Waals surface area contributed by atoms with Gasteiger partial charge in [0.25, 0.3) is 5.56 Å². The highest BCUT2D eigenvalue weighted by Gasteiger charge is 2.17. The van der Waals surface area contributed by atoms with Gasteiger partial charge in [0.2, 0.25) is 5.75 Å². The minimum atomic E-state index is -0.532. The van der Waals surface area contributed by atoms with Crippen molar-refractivity contribution in [2.45, 2.75) is 18.9 Å². The Morgan fingerprint density at radius 3 is 2.46 bits per heavy atom. The van der Waals surface area contributed by atoms with E-state index in [0.29, 0.717) is 31.8 Å². The lowest BCUT2D eigenvalue weighted by Crippen LogP contribution is -2.35. The molecule has 1 aliphatic heterocycles. The Hall–Kier alpha value is -3.48. The van der Waals surface area contributed by atoms with Crippen LogP contribution in [0.25, 0.3) is 0 Å². The summed E-state index contributed by atoms with van der Waals surface area (Å²) >= 11 is 0. The second-order valence-electron chi connectivity index (χ2n) is 9.08. The minimum Gasteiger partial charge on any atom is -0.502 e. The van der Waals surface area contributed by atoms with Crippen molar-refractivity contribution < 1.29 is 14.6 Å². The van der Waals surface area contributed by atoms with Gasteiger partial charge in [0, 0.05) is 63.3 Å². The van der Waals surface area contributed by atoms with Crippen LogP contribution in [-0.2, 0) is 22.4 Å². The molecule has 2 heterocycles. The maximum atomic E-state index is 11.8. The molecule has 0 radical (unpaired) electrons. The summed E-state index contributed by atoms with van der Waals surface area (Å²) in [6.07, 6.45) is 1.75. The van der Waals surface area contributed by atoms with E-state index in [1.165, 1.54) is 11.9 Å². The van der Waals surface area contributed by atoms with Crippen LogP contribution >= 0.6 is 0 Å². The number of nitrogens with zero attached hydrogens (tertiary/aromatic N) is 2. The van der Waals surface area contributed by atoms with Crippen molar-refractivity contribution in [2.24, 2.45) is 0 Å². The molecule has 3 N–H and O–H groups in total. The van der Waals surface area contributed by atoms with Gasteiger partial charge in [-0.3, -0.25) is 9.69 Å². The molecule has 1 aromatic heterocycles. The first-order valence-corrected chi connectivity index (χ1v) is 12.6. The van der Waals surface area contributed by atoms with Crippen LogP contribution < -0.4 is 10.9 Å². The lowest BCUT2D eigenvalue weighted by molar-refractivity contribution is 0.0342. The number of morpholine rings is 1. The highest BCUT2D eigenvalue weighted by Crippen LogP contribution is 2.23. The van der Waals surface area contributed by atoms with E-state index in [0.717, 1.165) is 49.5 Å². The first-order chi connectivity index (χ1) is 18.1. The third-order valence-corrected chi connectivity index (χ3v) is 6.41. The number of rotatable bonds is 10. The molecule has 1 atom stereocenters. The Morgan fingerprint density at radius 1 is 1.11 bits per heavy atom. The van der Waals surface area contributed by atoms with Crippen molar-refractivity contribution in [1.29, 1.82) is 0 Å². The van der Waals surface area contributed by atoms with Crippen LogP contribution in [0.15, 0.2) is 59.7 Å². The molecule has 4 rings (SSSR count). The fourth-order valence-corrected chi connectivity index (χ4v) is 4.26. The van der Waals surface area contributed by atoms with E-state index in [4.69, 9.17) is 9.47 Å². The Balaban J connectivity index is 1.41. The summed E-state index contributed by atoms with van der Waals surface area (Å²) in [7, 11) is 1.66. The number of H-pyrrole nitrogens is 1. The Morgan fingerprint density at radius 2 is 1.78 bits per heavy atom. The molecular formula is C29H34N4O4. The summed E-state index contributed by atoms with van der Waals surface area (Å²) in [5.41, 5.74) is 4.10. The molecule has 2 aromatic carbocycles. The van der Waals surface area contributed by atoms with Crippen LogP contribution in [0, 0.1) is 11.8 Å². The van der Waals surface area contributed by atoms with E-state index in [2.05, 4.69) is 56.3 Å². The zero-order valence-electron chi connectivity index (χ0n) is 21.2. The molecule has 1 fully saturated rings. The van der Waals surface area contributed by atoms with Crippen molar-refractivity contribution in [3.8, 4) is 17.6 Å². The minimum absolute atomic E-state index is 0.0121. The van der Waals surface area contributed by atoms with Crippen LogP contribution in [0.4, 0.5) is 0 Å². The van der Waals surface area contributed by atoms with Crippen molar-refractivity contribution in [3.63, 3.8) is 0 Å². The van der Waals surface area contributed by atoms with E-state index in [1.54, 1.807) is 7.11 Å². The molecule has 3 aromatic rings. The number of hydrogen-bond acceptors (Lipinski definition) is 7. The summed E-state index contributed by atoms with van der Waals surface area (Å²) in [4.78, 5) is 20.8. The Bertz CT molecular complexity index is 1240. The summed E-state index contributed by atoms with van der Waals surface area (Å²) in [6.45, 7) is 6.45. The van der Waals surface area contributed by atoms with Gasteiger partial charge in [-0.25, -0.2) is 4.98 Å². The molecule has 37 heavy (non-hydrogen) atoms. The van der Waals surface area contributed by atoms with Gasteiger partial charge < -0.3 is 24.9 Å². The molecule has 1 saturated heterocycles. The van der Waals surface area contributed by atoms with Crippen LogP contribution in [0.3, 0.4) is 0 Å². The molecule has 0 aliphatic carbocycles. The summed E-state index contributed by atoms with van der Waals surface area (Å²) in [5, 5.41) is 13.5. The number of methoxy groups -OCH3 is 1. The number of aromatic amines is 1. The first kappa shape index (κ1) is 26.6. The number of ether oxygens (including phenoxy) is 2. The van der Waals surface area contributed by atoms with Crippen LogP contribution in [-0.4, -0.2) is 73.1 Å². The van der Waals surface area contributed by atoms with Gasteiger partial charge in [-0.2, -0.15) is 0 Å². The normalized spacial score (nSPS) is 14.6. The standard InChI is InChI=1S/C29H34N4O4/c1-36-15-12-30-19-26(18-27-28(34)29(35)32-21-31-27)25-10-8-23(9-11-25)3-2-22-4-6-24(7-5-22)20-33-13-16-37-17-14-33/h4-11,21,26,30,34H,12-20H2,1H3,(H,31,32,35)/t26-/m1/s1. The van der Waals surface area contributed by atoms with Crippen molar-refractivity contribution >= 4 is 0 Å². The Kier molecular flexibility index (Phi) is 9.86. The first-order valence-electron chi connectivity index (χ1n) is 12.6. The highest BCUT2D eigenvalue weighted by molar-refractivity contribution is 5.44. The largest absolute Gasteiger partial charge is 0.502 e. The van der Waals surface area contributed by atoms with E-state index in [-0.39, 0.29) is 11.7 Å². The zero-order chi connectivity index (χ0) is 25.9. The molecular weight excluding hydrogens is 468 g/mol. The van der Waals surface area contributed by atoms with Gasteiger partial charge in [0.15, 0.2) is 0 Å². The number of benzene rings is 2. The van der Waals surface area contributed by atoms with Crippen molar-refractivity contribution in [3.05, 3.63) is 93.2 Å². The molecule has 0 spiro atoms. The van der Waals surface area contributed by atoms with Crippen LogP contribution in [0.2, 0.25) is 0 Å². The maximum absolute atomic E-state index is 11.8. The molecule has 0 amide bonds. The Labute approximate surface area is 217 Å². The van der Waals surface area contributed by atoms with Gasteiger partial charge in [0.05, 0.1) is 31.8 Å². The molecule has 0 bridgehead atoms. The number of aromatic hydroxyl groups is 1. The van der Waals surface area contributed by atoms with E-state index < -0.39 is 5.56 Å². The summed E-state index contributed by atoms with van der Waals surface area (Å²) < 4.78 is 10.5. The molecule has 0 saturated carbocycles. The fourth-order valence-electron chi connectivity index (χ4n) is 4.26. The molecule has 0 unspecified atom stereocenters. The predicted molar refractivity (Wildman–Crippen MR) is 143 cm³/mol. The SMILES string of the molecule is COCCNC[C@@H](Cc1nc[nH]c(=O)c1O)c1ccc(C#Cc2ccc(CN3CCOCC3)cc2)cc1. The second kappa shape index (κ2) is 13.7. The average molecular weight is 503 g/mol. The maximum Gasteiger partial charge on any atom is 0.293 e. The lowest BCUT2D eigenvalue weighted by Gasteiger charge is -2.26. The third kappa shape index (κ3) is 8.00. The number of hydrogen-bond donors (Lipinski definition) is 3. The third-order valence-electron chi connectivity index (χ3n) is 6.41. The van der Waals surface area contributed by atoms with Gasteiger partial charge in [0.1, 0.15) is 0 Å². The van der Waals surface area contributed by atoms with Crippen molar-refractivity contribution in [2.75, 3.05) is 53.1 Å². The zero-order valence-corrected chi connectivity index (χ0v) is 21.2. The van der Waals surface area contributed by atoms with Gasteiger partial charge in [-0.05, 0) is 35.4 Å². The van der Waals surface area contributed by atoms with E-state index in [9.17, 15) is 9.90 Å². The van der Waals surface area contributed by atoms with Gasteiger partial charge in [-0.1, -0.05) is 36.1 Å². The average Bonchev–Trinajstić information content (AvgIpc) is 2.93. The predicted octanol–water partition coefficient (Wildman–Crippen LogP) is 2.27. The topological polar surface area (TPSA) is 99.7 Å². The fraction of sp³-hybridized carbons (Fsp3) is 0.379. The highest BCUT2D eigenvalue weighted by atomic mass is 16.5. The molecule has 1 aliphatic rings. The second-order valence-corrected chi connectivity index (χ2v) is 9.08. The summed E-state index contributed by atoms with van der Waals surface area (Å²) in [5.74, 6) is 6.18. The van der Waals surface area contributed by atoms with Gasteiger partial charge in [-0.15, -0.1) is 0 Å². The number of nitrogens with one attached hydrogen (secondary N) is 2. The van der Waals surface area contributed by atoms with Crippen LogP contribution in [0.5, 0.6) is 5.75 Å². The summed E-state index contributed by atoms with van der Waals surface area (Å²) in [6, 6.07) is 16.5. The smallest absolute Gasteiger partial charge is 0.293 e. The van der Waals surface area contributed by atoms with Crippen molar-refractivity contribution in [1.82, 2.24) is 20.2 Å². The number of aromatic nitrogens is 2. The molecule has 194 valence electrons. The monoisotopic (exact) mass is 502 g/mol. The molecule has 8 nitrogen and oxygen atoms in total. The van der Waals surface area contributed by atoms with Crippen LogP contribution in [0.1, 0.15) is 33.9 Å². The van der Waals surface area contributed by atoms with Gasteiger partial charge >= 0.3 is 0 Å². The molecule has 8 heteroatoms. The van der Waals surface area contributed by atoms with E-state index >= 15 is 0 Å². The quantitative estimate of drug-likeness (QED) is 0.289.